The van der Waals surface area contributed by atoms with Crippen LogP contribution >= 0.6 is 0 Å². The monoisotopic (exact) mass is 310 g/mol. The summed E-state index contributed by atoms with van der Waals surface area (Å²) in [6, 6.07) is 13.2. The molecule has 4 heteroatoms. The molecule has 0 aliphatic carbocycles. The van der Waals surface area contributed by atoms with Crippen molar-refractivity contribution in [1.82, 2.24) is 9.88 Å². The first-order valence-corrected chi connectivity index (χ1v) is 7.92. The molecule has 1 atom stereocenters. The van der Waals surface area contributed by atoms with Crippen LogP contribution in [0, 0.1) is 12.3 Å². The molecule has 1 aliphatic rings. The molecule has 0 saturated carbocycles. The van der Waals surface area contributed by atoms with Crippen molar-refractivity contribution in [3.8, 4) is 0 Å². The standard InChI is InChI=1S/C19H22N2O2/c1-13-9-15(22)10-17(20-13)18(23)21-11-16(19(2,3)12-21)14-7-5-4-6-8-14/h4-10,16H,11-12H2,1-3H3,(H,20,22)/t16-/m1/s1. The Morgan fingerprint density at radius 2 is 1.91 bits per heavy atom. The summed E-state index contributed by atoms with van der Waals surface area (Å²) in [6.45, 7) is 7.53. The van der Waals surface area contributed by atoms with E-state index in [0.717, 1.165) is 0 Å². The summed E-state index contributed by atoms with van der Waals surface area (Å²) < 4.78 is 0. The second-order valence-corrected chi connectivity index (χ2v) is 7.05. The van der Waals surface area contributed by atoms with Crippen LogP contribution in [0.4, 0.5) is 0 Å². The van der Waals surface area contributed by atoms with Crippen LogP contribution in [0.25, 0.3) is 0 Å². The molecule has 4 nitrogen and oxygen atoms in total. The molecule has 0 radical (unpaired) electrons. The lowest BCUT2D eigenvalue weighted by molar-refractivity contribution is 0.0772. The van der Waals surface area contributed by atoms with Gasteiger partial charge in [-0.2, -0.15) is 0 Å². The molecular formula is C19H22N2O2. The van der Waals surface area contributed by atoms with Crippen molar-refractivity contribution in [2.24, 2.45) is 5.41 Å². The van der Waals surface area contributed by atoms with E-state index in [1.807, 2.05) is 23.1 Å². The van der Waals surface area contributed by atoms with E-state index >= 15 is 0 Å². The van der Waals surface area contributed by atoms with Crippen molar-refractivity contribution in [2.45, 2.75) is 26.7 Å². The summed E-state index contributed by atoms with van der Waals surface area (Å²) >= 11 is 0. The van der Waals surface area contributed by atoms with E-state index in [1.54, 1.807) is 6.92 Å². The van der Waals surface area contributed by atoms with Crippen LogP contribution in [0.15, 0.2) is 47.3 Å². The van der Waals surface area contributed by atoms with Gasteiger partial charge in [0, 0.05) is 36.8 Å². The Kier molecular flexibility index (Phi) is 3.84. The van der Waals surface area contributed by atoms with Crippen LogP contribution in [0.1, 0.15) is 41.5 Å². The van der Waals surface area contributed by atoms with Gasteiger partial charge in [0.05, 0.1) is 0 Å². The van der Waals surface area contributed by atoms with Crippen LogP contribution in [-0.4, -0.2) is 28.9 Å². The fourth-order valence-corrected chi connectivity index (χ4v) is 3.50. The molecule has 1 N–H and O–H groups in total. The van der Waals surface area contributed by atoms with Crippen molar-refractivity contribution in [3.05, 3.63) is 69.6 Å². The average molecular weight is 310 g/mol. The number of rotatable bonds is 2. The maximum Gasteiger partial charge on any atom is 0.270 e. The number of H-pyrrole nitrogens is 1. The molecule has 0 unspecified atom stereocenters. The van der Waals surface area contributed by atoms with Gasteiger partial charge in [-0.05, 0) is 17.9 Å². The molecule has 0 bridgehead atoms. The Labute approximate surface area is 136 Å². The van der Waals surface area contributed by atoms with Crippen molar-refractivity contribution >= 4 is 5.91 Å². The van der Waals surface area contributed by atoms with Gasteiger partial charge in [0.1, 0.15) is 5.69 Å². The summed E-state index contributed by atoms with van der Waals surface area (Å²) in [5.74, 6) is 0.196. The van der Waals surface area contributed by atoms with E-state index in [1.165, 1.54) is 17.7 Å². The van der Waals surface area contributed by atoms with Crippen LogP contribution in [0.5, 0.6) is 0 Å². The summed E-state index contributed by atoms with van der Waals surface area (Å²) in [6.07, 6.45) is 0. The van der Waals surface area contributed by atoms with Gasteiger partial charge >= 0.3 is 0 Å². The summed E-state index contributed by atoms with van der Waals surface area (Å²) in [5.41, 5.74) is 2.20. The van der Waals surface area contributed by atoms with Gasteiger partial charge in [-0.15, -0.1) is 0 Å². The molecule has 1 aromatic carbocycles. The van der Waals surface area contributed by atoms with Crippen LogP contribution in [0.2, 0.25) is 0 Å². The minimum atomic E-state index is -0.136. The third-order valence-electron chi connectivity index (χ3n) is 4.64. The van der Waals surface area contributed by atoms with Gasteiger partial charge in [-0.3, -0.25) is 9.59 Å². The maximum absolute atomic E-state index is 12.8. The highest BCUT2D eigenvalue weighted by Gasteiger charge is 2.42. The number of benzene rings is 1. The molecule has 2 heterocycles. The smallest absolute Gasteiger partial charge is 0.270 e. The average Bonchev–Trinajstić information content (AvgIpc) is 2.82. The molecule has 0 spiro atoms. The number of carbonyl (C=O) groups is 1. The van der Waals surface area contributed by atoms with Crippen LogP contribution in [-0.2, 0) is 0 Å². The zero-order valence-corrected chi connectivity index (χ0v) is 13.8. The molecule has 1 fully saturated rings. The number of hydrogen-bond donors (Lipinski definition) is 1. The highest BCUT2D eigenvalue weighted by Crippen LogP contribution is 2.42. The van der Waals surface area contributed by atoms with Gasteiger partial charge in [0.2, 0.25) is 0 Å². The number of nitrogens with zero attached hydrogens (tertiary/aromatic N) is 1. The molecule has 1 aliphatic heterocycles. The molecule has 3 rings (SSSR count). The summed E-state index contributed by atoms with van der Waals surface area (Å²) in [4.78, 5) is 29.3. The molecule has 1 saturated heterocycles. The molecule has 2 aromatic rings. The largest absolute Gasteiger partial charge is 0.354 e. The predicted octanol–water partition coefficient (Wildman–Crippen LogP) is 2.95. The van der Waals surface area contributed by atoms with Crippen molar-refractivity contribution in [1.29, 1.82) is 0 Å². The van der Waals surface area contributed by atoms with E-state index < -0.39 is 0 Å². The number of carbonyl (C=O) groups excluding carboxylic acids is 1. The number of hydrogen-bond acceptors (Lipinski definition) is 2. The highest BCUT2D eigenvalue weighted by molar-refractivity contribution is 5.92. The van der Waals surface area contributed by atoms with Crippen LogP contribution < -0.4 is 5.43 Å². The first-order valence-electron chi connectivity index (χ1n) is 7.92. The predicted molar refractivity (Wildman–Crippen MR) is 90.7 cm³/mol. The number of aromatic nitrogens is 1. The normalized spacial score (nSPS) is 19.8. The topological polar surface area (TPSA) is 53.2 Å². The Bertz CT molecular complexity index is 777. The van der Waals surface area contributed by atoms with E-state index in [4.69, 9.17) is 0 Å². The third kappa shape index (κ3) is 3.07. The minimum absolute atomic E-state index is 0.00112. The van der Waals surface area contributed by atoms with Gasteiger partial charge in [0.25, 0.3) is 5.91 Å². The number of likely N-dealkylation sites (tertiary alicyclic amines) is 1. The van der Waals surface area contributed by atoms with Gasteiger partial charge in [-0.25, -0.2) is 0 Å². The fourth-order valence-electron chi connectivity index (χ4n) is 3.50. The lowest BCUT2D eigenvalue weighted by atomic mass is 9.78. The Morgan fingerprint density at radius 1 is 1.22 bits per heavy atom. The quantitative estimate of drug-likeness (QED) is 0.927. The van der Waals surface area contributed by atoms with E-state index in [2.05, 4.69) is 31.0 Å². The SMILES string of the molecule is Cc1cc(=O)cc(C(=O)N2C[C@H](c3ccccc3)C(C)(C)C2)[nH]1. The molecule has 120 valence electrons. The number of amides is 1. The first kappa shape index (κ1) is 15.5. The second-order valence-electron chi connectivity index (χ2n) is 7.05. The lowest BCUT2D eigenvalue weighted by Gasteiger charge is -2.25. The van der Waals surface area contributed by atoms with Crippen molar-refractivity contribution < 1.29 is 4.79 Å². The van der Waals surface area contributed by atoms with Gasteiger partial charge in [0.15, 0.2) is 5.43 Å². The molecule has 23 heavy (non-hydrogen) atoms. The Hall–Kier alpha value is -2.36. The van der Waals surface area contributed by atoms with E-state index in [0.29, 0.717) is 30.4 Å². The fraction of sp³-hybridized carbons (Fsp3) is 0.368. The van der Waals surface area contributed by atoms with E-state index in [-0.39, 0.29) is 16.8 Å². The van der Waals surface area contributed by atoms with Crippen molar-refractivity contribution in [3.63, 3.8) is 0 Å². The van der Waals surface area contributed by atoms with Gasteiger partial charge in [-0.1, -0.05) is 44.2 Å². The zero-order valence-electron chi connectivity index (χ0n) is 13.8. The molecule has 1 aromatic heterocycles. The molecular weight excluding hydrogens is 288 g/mol. The van der Waals surface area contributed by atoms with E-state index in [9.17, 15) is 9.59 Å². The first-order chi connectivity index (χ1) is 10.9. The Balaban J connectivity index is 1.88. The number of aromatic amines is 1. The number of nitrogens with one attached hydrogen (secondary N) is 1. The van der Waals surface area contributed by atoms with Crippen LogP contribution in [0.3, 0.4) is 0 Å². The van der Waals surface area contributed by atoms with Gasteiger partial charge < -0.3 is 9.88 Å². The number of aryl methyl sites for hydroxylation is 1. The van der Waals surface area contributed by atoms with Crippen molar-refractivity contribution in [2.75, 3.05) is 13.1 Å². The lowest BCUT2D eigenvalue weighted by Crippen LogP contribution is -2.31. The third-order valence-corrected chi connectivity index (χ3v) is 4.64. The Morgan fingerprint density at radius 3 is 2.57 bits per heavy atom. The maximum atomic E-state index is 12.8. The second kappa shape index (κ2) is 5.69. The summed E-state index contributed by atoms with van der Waals surface area (Å²) in [7, 11) is 0. The molecule has 1 amide bonds. The zero-order chi connectivity index (χ0) is 16.6. The highest BCUT2D eigenvalue weighted by atomic mass is 16.2. The summed E-state index contributed by atoms with van der Waals surface area (Å²) in [5, 5.41) is 0. The minimum Gasteiger partial charge on any atom is -0.354 e. The number of pyridine rings is 1.